The van der Waals surface area contributed by atoms with Crippen LogP contribution in [0.3, 0.4) is 0 Å². The number of methoxy groups -OCH3 is 1. The summed E-state index contributed by atoms with van der Waals surface area (Å²) >= 11 is 7.62. The van der Waals surface area contributed by atoms with Gasteiger partial charge in [-0.2, -0.15) is 0 Å². The molecule has 0 spiro atoms. The van der Waals surface area contributed by atoms with Gasteiger partial charge in [-0.3, -0.25) is 0 Å². The number of rotatable bonds is 6. The molecule has 0 unspecified atom stereocenters. The lowest BCUT2D eigenvalue weighted by molar-refractivity contribution is 0.413. The second kappa shape index (κ2) is 7.53. The van der Waals surface area contributed by atoms with Crippen molar-refractivity contribution in [3.8, 4) is 5.75 Å². The van der Waals surface area contributed by atoms with E-state index < -0.39 is 0 Å². The van der Waals surface area contributed by atoms with E-state index in [1.807, 2.05) is 48.5 Å². The first-order valence-corrected chi connectivity index (χ1v) is 8.42. The van der Waals surface area contributed by atoms with Gasteiger partial charge in [-0.1, -0.05) is 53.7 Å². The monoisotopic (exact) mass is 346 g/mol. The maximum absolute atomic E-state index is 6.14. The lowest BCUT2D eigenvalue weighted by atomic mass is 10.1. The summed E-state index contributed by atoms with van der Waals surface area (Å²) in [6.07, 6.45) is 0.601. The number of hydrogen-bond acceptors (Lipinski definition) is 5. The minimum Gasteiger partial charge on any atom is -0.497 e. The van der Waals surface area contributed by atoms with Gasteiger partial charge < -0.3 is 9.15 Å². The molecule has 3 aromatic rings. The summed E-state index contributed by atoms with van der Waals surface area (Å²) in [5.74, 6) is 2.12. The summed E-state index contributed by atoms with van der Waals surface area (Å²) in [5, 5.41) is 9.45. The Morgan fingerprint density at radius 2 is 1.87 bits per heavy atom. The van der Waals surface area contributed by atoms with Crippen LogP contribution in [0.25, 0.3) is 0 Å². The number of halogens is 1. The summed E-state index contributed by atoms with van der Waals surface area (Å²) in [7, 11) is 1.65. The highest BCUT2D eigenvalue weighted by Crippen LogP contribution is 2.26. The van der Waals surface area contributed by atoms with Crippen molar-refractivity contribution in [3.63, 3.8) is 0 Å². The van der Waals surface area contributed by atoms with Crippen LogP contribution in [0.5, 0.6) is 5.75 Å². The summed E-state index contributed by atoms with van der Waals surface area (Å²) in [5.41, 5.74) is 2.14. The maximum Gasteiger partial charge on any atom is 0.276 e. The van der Waals surface area contributed by atoms with E-state index in [-0.39, 0.29) is 0 Å². The number of thioether (sulfide) groups is 1. The molecule has 0 amide bonds. The van der Waals surface area contributed by atoms with Crippen LogP contribution in [0.4, 0.5) is 0 Å². The molecule has 0 fully saturated rings. The Balaban J connectivity index is 1.60. The summed E-state index contributed by atoms with van der Waals surface area (Å²) in [4.78, 5) is 0. The Morgan fingerprint density at radius 1 is 1.09 bits per heavy atom. The molecule has 2 aromatic carbocycles. The zero-order chi connectivity index (χ0) is 16.1. The van der Waals surface area contributed by atoms with Crippen molar-refractivity contribution in [2.45, 2.75) is 17.4 Å². The molecule has 0 saturated heterocycles. The highest BCUT2D eigenvalue weighted by atomic mass is 35.5. The van der Waals surface area contributed by atoms with E-state index in [1.165, 1.54) is 11.8 Å². The van der Waals surface area contributed by atoms with Crippen molar-refractivity contribution in [3.05, 3.63) is 70.6 Å². The molecule has 6 heteroatoms. The van der Waals surface area contributed by atoms with Crippen molar-refractivity contribution in [1.82, 2.24) is 10.2 Å². The van der Waals surface area contributed by atoms with Crippen molar-refractivity contribution in [2.24, 2.45) is 0 Å². The standard InChI is InChI=1S/C17H15ClN2O2S/c1-21-14-8-6-12(7-9-14)10-16-19-20-17(22-16)23-11-13-4-2-3-5-15(13)18/h2-9H,10-11H2,1H3. The number of hydrogen-bond donors (Lipinski definition) is 0. The van der Waals surface area contributed by atoms with Gasteiger partial charge in [0.05, 0.1) is 13.5 Å². The van der Waals surface area contributed by atoms with Gasteiger partial charge in [0.25, 0.3) is 5.22 Å². The fraction of sp³-hybridized carbons (Fsp3) is 0.176. The molecule has 0 radical (unpaired) electrons. The van der Waals surface area contributed by atoms with Crippen LogP contribution in [-0.4, -0.2) is 17.3 Å². The molecule has 3 rings (SSSR count). The quantitative estimate of drug-likeness (QED) is 0.610. The molecule has 4 nitrogen and oxygen atoms in total. The van der Waals surface area contributed by atoms with Gasteiger partial charge in [-0.05, 0) is 29.3 Å². The Kier molecular flexibility index (Phi) is 5.20. The summed E-state index contributed by atoms with van der Waals surface area (Å²) in [6, 6.07) is 15.5. The zero-order valence-corrected chi connectivity index (χ0v) is 14.1. The molecular weight excluding hydrogens is 332 g/mol. The van der Waals surface area contributed by atoms with Crippen LogP contribution in [0, 0.1) is 0 Å². The molecular formula is C17H15ClN2O2S. The largest absolute Gasteiger partial charge is 0.497 e. The third kappa shape index (κ3) is 4.27. The Bertz CT molecular complexity index is 774. The van der Waals surface area contributed by atoms with E-state index in [9.17, 15) is 0 Å². The highest BCUT2D eigenvalue weighted by Gasteiger charge is 2.09. The molecule has 0 saturated carbocycles. The van der Waals surface area contributed by atoms with Crippen LogP contribution in [-0.2, 0) is 12.2 Å². The smallest absolute Gasteiger partial charge is 0.276 e. The Hall–Kier alpha value is -1.98. The molecule has 0 aliphatic carbocycles. The molecule has 0 atom stereocenters. The third-order valence-electron chi connectivity index (χ3n) is 3.27. The van der Waals surface area contributed by atoms with Crippen LogP contribution < -0.4 is 4.74 Å². The van der Waals surface area contributed by atoms with Crippen molar-refractivity contribution >= 4 is 23.4 Å². The van der Waals surface area contributed by atoms with Gasteiger partial charge in [-0.15, -0.1) is 10.2 Å². The third-order valence-corrected chi connectivity index (χ3v) is 4.51. The van der Waals surface area contributed by atoms with E-state index in [2.05, 4.69) is 10.2 Å². The van der Waals surface area contributed by atoms with Crippen molar-refractivity contribution < 1.29 is 9.15 Å². The van der Waals surface area contributed by atoms with Gasteiger partial charge in [0.1, 0.15) is 5.75 Å². The average molecular weight is 347 g/mol. The van der Waals surface area contributed by atoms with Crippen molar-refractivity contribution in [1.29, 1.82) is 0 Å². The van der Waals surface area contributed by atoms with E-state index in [0.29, 0.717) is 23.3 Å². The molecule has 0 N–H and O–H groups in total. The molecule has 23 heavy (non-hydrogen) atoms. The van der Waals surface area contributed by atoms with Gasteiger partial charge in [0.15, 0.2) is 0 Å². The number of aromatic nitrogens is 2. The fourth-order valence-corrected chi connectivity index (χ4v) is 3.11. The molecule has 0 aliphatic rings. The average Bonchev–Trinajstić information content (AvgIpc) is 3.02. The van der Waals surface area contributed by atoms with Gasteiger partial charge in [-0.25, -0.2) is 0 Å². The molecule has 1 heterocycles. The fourth-order valence-electron chi connectivity index (χ4n) is 2.04. The predicted octanol–water partition coefficient (Wildman–Crippen LogP) is 4.61. The van der Waals surface area contributed by atoms with E-state index in [4.69, 9.17) is 20.8 Å². The minimum absolute atomic E-state index is 0.549. The SMILES string of the molecule is COc1ccc(Cc2nnc(SCc3ccccc3Cl)o2)cc1. The Labute approximate surface area is 143 Å². The zero-order valence-electron chi connectivity index (χ0n) is 12.5. The van der Waals surface area contributed by atoms with Gasteiger partial charge in [0, 0.05) is 10.8 Å². The molecule has 118 valence electrons. The molecule has 0 bridgehead atoms. The lowest BCUT2D eigenvalue weighted by Gasteiger charge is -2.01. The first kappa shape index (κ1) is 15.9. The van der Waals surface area contributed by atoms with Gasteiger partial charge >= 0.3 is 0 Å². The molecule has 1 aromatic heterocycles. The van der Waals surface area contributed by atoms with Gasteiger partial charge in [0.2, 0.25) is 5.89 Å². The molecule has 0 aliphatic heterocycles. The topological polar surface area (TPSA) is 48.2 Å². The summed E-state index contributed by atoms with van der Waals surface area (Å²) in [6.45, 7) is 0. The first-order chi connectivity index (χ1) is 11.2. The number of ether oxygens (including phenoxy) is 1. The highest BCUT2D eigenvalue weighted by molar-refractivity contribution is 7.98. The Morgan fingerprint density at radius 3 is 2.61 bits per heavy atom. The maximum atomic E-state index is 6.14. The van der Waals surface area contributed by atoms with E-state index in [1.54, 1.807) is 7.11 Å². The van der Waals surface area contributed by atoms with Crippen LogP contribution in [0.15, 0.2) is 58.2 Å². The number of benzene rings is 2. The van der Waals surface area contributed by atoms with E-state index >= 15 is 0 Å². The predicted molar refractivity (Wildman–Crippen MR) is 91.1 cm³/mol. The number of nitrogens with zero attached hydrogens (tertiary/aromatic N) is 2. The summed E-state index contributed by atoms with van der Waals surface area (Å²) < 4.78 is 10.8. The normalized spacial score (nSPS) is 10.7. The van der Waals surface area contributed by atoms with E-state index in [0.717, 1.165) is 21.9 Å². The van der Waals surface area contributed by atoms with Crippen LogP contribution in [0.2, 0.25) is 5.02 Å². The second-order valence-electron chi connectivity index (χ2n) is 4.87. The van der Waals surface area contributed by atoms with Crippen molar-refractivity contribution in [2.75, 3.05) is 7.11 Å². The van der Waals surface area contributed by atoms with Crippen LogP contribution in [0.1, 0.15) is 17.0 Å². The van der Waals surface area contributed by atoms with Crippen LogP contribution >= 0.6 is 23.4 Å². The minimum atomic E-state index is 0.549. The second-order valence-corrected chi connectivity index (χ2v) is 6.20. The first-order valence-electron chi connectivity index (χ1n) is 7.06. The lowest BCUT2D eigenvalue weighted by Crippen LogP contribution is -1.89.